The molecule has 3 rings (SSSR count). The number of hydrogen-bond acceptors (Lipinski definition) is 5. The lowest BCUT2D eigenvalue weighted by atomic mass is 9.94. The summed E-state index contributed by atoms with van der Waals surface area (Å²) >= 11 is 3.08. The number of carboxylic acid groups (broad SMARTS) is 1. The van der Waals surface area contributed by atoms with E-state index < -0.39 is 5.97 Å². The number of nitrogens with zero attached hydrogens (tertiary/aromatic N) is 1. The van der Waals surface area contributed by atoms with Gasteiger partial charge >= 0.3 is 5.97 Å². The molecular formula is C10H12N2O3S2. The minimum absolute atomic E-state index is 0.0184. The molecule has 1 saturated carbocycles. The molecule has 5 nitrogen and oxygen atoms in total. The quantitative estimate of drug-likeness (QED) is 0.738. The van der Waals surface area contributed by atoms with Gasteiger partial charge in [0.25, 0.3) is 0 Å². The van der Waals surface area contributed by atoms with Crippen molar-refractivity contribution in [2.24, 2.45) is 5.73 Å². The van der Waals surface area contributed by atoms with Crippen molar-refractivity contribution in [3.63, 3.8) is 0 Å². The van der Waals surface area contributed by atoms with Crippen LogP contribution in [-0.2, 0) is 9.59 Å². The number of thioether (sulfide) groups is 2. The van der Waals surface area contributed by atoms with E-state index in [1.165, 1.54) is 16.7 Å². The van der Waals surface area contributed by atoms with Gasteiger partial charge in [-0.2, -0.15) is 0 Å². The maximum Gasteiger partial charge on any atom is 0.354 e. The molecule has 0 bridgehead atoms. The number of nitrogens with two attached hydrogens (primary N) is 1. The Kier molecular flexibility index (Phi) is 2.64. The molecule has 17 heavy (non-hydrogen) atoms. The van der Waals surface area contributed by atoms with Gasteiger partial charge in [-0.3, -0.25) is 9.69 Å². The van der Waals surface area contributed by atoms with Gasteiger partial charge in [0.15, 0.2) is 5.70 Å². The number of carbonyl (C=O) groups is 2. The van der Waals surface area contributed by atoms with Crippen molar-refractivity contribution in [1.82, 2.24) is 4.90 Å². The van der Waals surface area contributed by atoms with E-state index in [9.17, 15) is 14.7 Å². The number of aliphatic carboxylic acids is 1. The molecule has 3 N–H and O–H groups in total. The number of fused-ring (bicyclic) bond motifs is 1. The second kappa shape index (κ2) is 3.93. The Labute approximate surface area is 107 Å². The number of β-lactam (4-membered cyclic amide) rings is 1. The highest BCUT2D eigenvalue weighted by Gasteiger charge is 2.49. The Morgan fingerprint density at radius 3 is 2.76 bits per heavy atom. The van der Waals surface area contributed by atoms with Crippen molar-refractivity contribution in [1.29, 1.82) is 0 Å². The van der Waals surface area contributed by atoms with Gasteiger partial charge in [-0.1, -0.05) is 11.8 Å². The van der Waals surface area contributed by atoms with Crippen LogP contribution in [-0.4, -0.2) is 38.5 Å². The molecule has 0 unspecified atom stereocenters. The van der Waals surface area contributed by atoms with E-state index >= 15 is 0 Å². The van der Waals surface area contributed by atoms with Crippen molar-refractivity contribution < 1.29 is 14.7 Å². The normalized spacial score (nSPS) is 35.5. The van der Waals surface area contributed by atoms with E-state index in [1.54, 1.807) is 11.8 Å². The summed E-state index contributed by atoms with van der Waals surface area (Å²) in [5.41, 5.74) is 5.89. The number of hydrogen-bond donors (Lipinski definition) is 2. The van der Waals surface area contributed by atoms with Crippen LogP contribution in [0.2, 0.25) is 0 Å². The molecule has 92 valence electrons. The highest BCUT2D eigenvalue weighted by Crippen LogP contribution is 2.53. The van der Waals surface area contributed by atoms with E-state index in [1.807, 2.05) is 0 Å². The lowest BCUT2D eigenvalue weighted by Crippen LogP contribution is -2.48. The Morgan fingerprint density at radius 1 is 1.53 bits per heavy atom. The Hall–Kier alpha value is -0.660. The van der Waals surface area contributed by atoms with Gasteiger partial charge in [-0.05, 0) is 12.8 Å². The third-order valence-corrected chi connectivity index (χ3v) is 5.95. The van der Waals surface area contributed by atoms with E-state index in [2.05, 4.69) is 0 Å². The van der Waals surface area contributed by atoms with Crippen LogP contribution in [0.4, 0.5) is 0 Å². The average molecular weight is 272 g/mol. The molecule has 1 amide bonds. The first-order valence-corrected chi connectivity index (χ1v) is 7.20. The summed E-state index contributed by atoms with van der Waals surface area (Å²) in [4.78, 5) is 24.0. The van der Waals surface area contributed by atoms with Crippen molar-refractivity contribution in [2.75, 3.05) is 0 Å². The molecule has 0 aromatic heterocycles. The zero-order valence-corrected chi connectivity index (χ0v) is 10.6. The summed E-state index contributed by atoms with van der Waals surface area (Å²) in [5, 5.41) is 9.61. The molecule has 2 heterocycles. The van der Waals surface area contributed by atoms with Crippen LogP contribution in [0.5, 0.6) is 0 Å². The first-order chi connectivity index (χ1) is 8.06. The number of carboxylic acids is 1. The monoisotopic (exact) mass is 272 g/mol. The molecule has 0 spiro atoms. The van der Waals surface area contributed by atoms with Gasteiger partial charge in [0.1, 0.15) is 0 Å². The number of amides is 1. The van der Waals surface area contributed by atoms with Crippen LogP contribution in [0.15, 0.2) is 9.93 Å². The summed E-state index contributed by atoms with van der Waals surface area (Å²) < 4.78 is 0.783. The summed E-state index contributed by atoms with van der Waals surface area (Å²) in [5.74, 6) is -1.08. The Balaban J connectivity index is 1.77. The topological polar surface area (TPSA) is 83.6 Å². The second-order valence-corrected chi connectivity index (χ2v) is 7.21. The maximum atomic E-state index is 11.4. The summed E-state index contributed by atoms with van der Waals surface area (Å²) in [6.07, 6.45) is 2.32. The summed E-state index contributed by atoms with van der Waals surface area (Å²) in [6.45, 7) is 0. The van der Waals surface area contributed by atoms with Crippen LogP contribution in [0.3, 0.4) is 0 Å². The van der Waals surface area contributed by atoms with Crippen LogP contribution in [0, 0.1) is 0 Å². The molecule has 0 radical (unpaired) electrons. The van der Waals surface area contributed by atoms with Gasteiger partial charge in [0.2, 0.25) is 5.91 Å². The van der Waals surface area contributed by atoms with Gasteiger partial charge in [0, 0.05) is 11.3 Å². The fourth-order valence-corrected chi connectivity index (χ4v) is 5.51. The highest BCUT2D eigenvalue weighted by molar-refractivity contribution is 8.23. The molecular weight excluding hydrogens is 260 g/mol. The van der Waals surface area contributed by atoms with Gasteiger partial charge in [-0.15, -0.1) is 11.8 Å². The predicted molar refractivity (Wildman–Crippen MR) is 66.1 cm³/mol. The Bertz CT molecular complexity index is 431. The zero-order valence-electron chi connectivity index (χ0n) is 8.96. The van der Waals surface area contributed by atoms with Crippen molar-refractivity contribution in [2.45, 2.75) is 35.9 Å². The minimum Gasteiger partial charge on any atom is -0.477 e. The van der Waals surface area contributed by atoms with Crippen LogP contribution < -0.4 is 5.73 Å². The zero-order chi connectivity index (χ0) is 12.2. The van der Waals surface area contributed by atoms with Crippen LogP contribution in [0.25, 0.3) is 0 Å². The lowest BCUT2D eigenvalue weighted by Gasteiger charge is -2.33. The third kappa shape index (κ3) is 1.76. The molecule has 1 atom stereocenters. The molecule has 7 heteroatoms. The summed E-state index contributed by atoms with van der Waals surface area (Å²) in [7, 11) is 0. The van der Waals surface area contributed by atoms with Crippen LogP contribution >= 0.6 is 23.5 Å². The lowest BCUT2D eigenvalue weighted by molar-refractivity contribution is -0.145. The average Bonchev–Trinajstić information content (AvgIpc) is 2.49. The van der Waals surface area contributed by atoms with Gasteiger partial charge < -0.3 is 10.8 Å². The largest absolute Gasteiger partial charge is 0.477 e. The van der Waals surface area contributed by atoms with Gasteiger partial charge in [0.05, 0.1) is 16.0 Å². The fraction of sp³-hybridized carbons (Fsp3) is 0.600. The Morgan fingerprint density at radius 2 is 2.24 bits per heavy atom. The standard InChI is InChI=1S/C10H12N2O3S2/c11-4-1-5(2-4)16-10-8(9(14)15)12-6(13)3-7(12)17-10/h4-5,7H,1-3,11H2,(H,14,15)/t4-,5-,7-/m0/s1. The highest BCUT2D eigenvalue weighted by atomic mass is 32.2. The molecule has 3 aliphatic rings. The number of carbonyl (C=O) groups excluding carboxylic acids is 1. The van der Waals surface area contributed by atoms with Crippen molar-refractivity contribution >= 4 is 35.4 Å². The van der Waals surface area contributed by atoms with E-state index in [0.29, 0.717) is 11.7 Å². The predicted octanol–water partition coefficient (Wildman–Crippen LogP) is 0.768. The van der Waals surface area contributed by atoms with Crippen LogP contribution in [0.1, 0.15) is 19.3 Å². The molecule has 1 aliphatic carbocycles. The first kappa shape index (κ1) is 11.4. The molecule has 0 aromatic rings. The molecule has 2 aliphatic heterocycles. The smallest absolute Gasteiger partial charge is 0.354 e. The van der Waals surface area contributed by atoms with E-state index in [0.717, 1.165) is 17.1 Å². The second-order valence-electron chi connectivity index (χ2n) is 4.45. The van der Waals surface area contributed by atoms with Crippen molar-refractivity contribution in [3.05, 3.63) is 9.93 Å². The summed E-state index contributed by atoms with van der Waals surface area (Å²) in [6, 6.07) is 0.256. The molecule has 2 fully saturated rings. The minimum atomic E-state index is -1.00. The SMILES string of the molecule is N[C@H]1C[C@H](SC2=C(C(=O)O)N3C(=O)C[C@@H]3S2)C1. The first-order valence-electron chi connectivity index (χ1n) is 5.45. The third-order valence-electron chi connectivity index (χ3n) is 3.19. The van der Waals surface area contributed by atoms with Gasteiger partial charge in [-0.25, -0.2) is 4.79 Å². The van der Waals surface area contributed by atoms with E-state index in [4.69, 9.17) is 5.73 Å². The molecule has 0 aromatic carbocycles. The number of rotatable bonds is 3. The molecule has 1 saturated heterocycles. The van der Waals surface area contributed by atoms with Crippen molar-refractivity contribution in [3.8, 4) is 0 Å². The fourth-order valence-electron chi connectivity index (χ4n) is 2.16. The maximum absolute atomic E-state index is 11.4. The van der Waals surface area contributed by atoms with E-state index in [-0.39, 0.29) is 23.0 Å².